The van der Waals surface area contributed by atoms with Crippen LogP contribution in [-0.2, 0) is 9.59 Å². The highest BCUT2D eigenvalue weighted by Crippen LogP contribution is 2.62. The number of hydrogen-bond donors (Lipinski definition) is 0. The molecule has 7 heteroatoms. The molecule has 2 saturated heterocycles. The molecule has 3 fully saturated rings. The Balaban J connectivity index is 1.51. The summed E-state index contributed by atoms with van der Waals surface area (Å²) in [6.45, 7) is 9.60. The van der Waals surface area contributed by atoms with Gasteiger partial charge in [-0.2, -0.15) is 5.01 Å². The Kier molecular flexibility index (Phi) is 6.03. The third-order valence-corrected chi connectivity index (χ3v) is 9.64. The number of amides is 2. The van der Waals surface area contributed by atoms with E-state index in [0.717, 1.165) is 48.2 Å². The van der Waals surface area contributed by atoms with Crippen molar-refractivity contribution in [3.8, 4) is 5.75 Å². The minimum Gasteiger partial charge on any atom is -0.497 e. The number of benzene rings is 1. The molecule has 0 unspecified atom stereocenters. The van der Waals surface area contributed by atoms with Crippen LogP contribution in [0.2, 0.25) is 0 Å². The number of rotatable bonds is 4. The first-order valence-electron chi connectivity index (χ1n) is 12.5. The maximum absolute atomic E-state index is 13.8. The zero-order valence-corrected chi connectivity index (χ0v) is 21.6. The van der Waals surface area contributed by atoms with Gasteiger partial charge in [0.1, 0.15) is 5.75 Å². The number of anilines is 1. The van der Waals surface area contributed by atoms with Gasteiger partial charge < -0.3 is 9.64 Å². The average Bonchev–Trinajstić information content (AvgIpc) is 2.96. The fraction of sp³-hybridized carbons (Fsp3) is 0.593. The third-order valence-electron chi connectivity index (χ3n) is 8.59. The summed E-state index contributed by atoms with van der Waals surface area (Å²) in [7, 11) is 1.65. The second kappa shape index (κ2) is 8.74. The number of nitrogens with zero attached hydrogens (tertiary/aromatic N) is 3. The Morgan fingerprint density at radius 2 is 1.88 bits per heavy atom. The van der Waals surface area contributed by atoms with Crippen LogP contribution in [-0.4, -0.2) is 41.4 Å². The van der Waals surface area contributed by atoms with Crippen molar-refractivity contribution in [1.29, 1.82) is 0 Å². The Bertz CT molecular complexity index is 1050. The summed E-state index contributed by atoms with van der Waals surface area (Å²) in [5.41, 5.74) is 1.98. The molecular weight excluding hydrogens is 446 g/mol. The van der Waals surface area contributed by atoms with Crippen molar-refractivity contribution < 1.29 is 14.3 Å². The first-order valence-corrected chi connectivity index (χ1v) is 13.4. The molecule has 1 saturated carbocycles. The van der Waals surface area contributed by atoms with E-state index in [-0.39, 0.29) is 35.0 Å². The quantitative estimate of drug-likeness (QED) is 0.439. The Hall–Kier alpha value is -2.28. The van der Waals surface area contributed by atoms with Crippen molar-refractivity contribution in [2.75, 3.05) is 24.3 Å². The minimum absolute atomic E-state index is 0.118. The summed E-state index contributed by atoms with van der Waals surface area (Å²) in [5.74, 6) is 1.89. The van der Waals surface area contributed by atoms with E-state index in [0.29, 0.717) is 11.8 Å². The molecule has 2 heterocycles. The monoisotopic (exact) mass is 481 g/mol. The number of carbonyl (C=O) groups is 2. The molecule has 0 radical (unpaired) electrons. The summed E-state index contributed by atoms with van der Waals surface area (Å²) in [6, 6.07) is 7.88. The first-order chi connectivity index (χ1) is 16.3. The van der Waals surface area contributed by atoms with Gasteiger partial charge in [-0.25, -0.2) is 0 Å². The molecule has 0 N–H and O–H groups in total. The SMILES string of the molecule is COc1ccc(N2CCCCS/C2=N\N2C(=O)[C@H]3[C@@H]4C=C(C)[C@@](C)(C[C@@H]4C(C)C)[C@H]3C2=O)cc1. The van der Waals surface area contributed by atoms with E-state index < -0.39 is 0 Å². The molecule has 5 atom stereocenters. The van der Waals surface area contributed by atoms with Gasteiger partial charge in [-0.3, -0.25) is 9.59 Å². The van der Waals surface area contributed by atoms with Gasteiger partial charge >= 0.3 is 0 Å². The first kappa shape index (κ1) is 23.5. The van der Waals surface area contributed by atoms with E-state index in [1.54, 1.807) is 18.9 Å². The van der Waals surface area contributed by atoms with Crippen LogP contribution in [0.4, 0.5) is 5.69 Å². The van der Waals surface area contributed by atoms with Crippen LogP contribution in [0.15, 0.2) is 41.0 Å². The average molecular weight is 482 g/mol. The number of hydrogen-bond acceptors (Lipinski definition) is 5. The van der Waals surface area contributed by atoms with Crippen molar-refractivity contribution in [1.82, 2.24) is 5.01 Å². The highest BCUT2D eigenvalue weighted by Gasteiger charge is 2.65. The second-order valence-electron chi connectivity index (χ2n) is 10.7. The van der Waals surface area contributed by atoms with E-state index >= 15 is 0 Å². The maximum Gasteiger partial charge on any atom is 0.254 e. The smallest absolute Gasteiger partial charge is 0.254 e. The molecule has 2 amide bonds. The maximum atomic E-state index is 13.8. The van der Waals surface area contributed by atoms with Gasteiger partial charge in [0, 0.05) is 23.4 Å². The number of allylic oxidation sites excluding steroid dienone is 2. The lowest BCUT2D eigenvalue weighted by Crippen LogP contribution is -2.52. The molecule has 5 aliphatic rings. The van der Waals surface area contributed by atoms with Crippen LogP contribution < -0.4 is 9.64 Å². The van der Waals surface area contributed by atoms with Crippen LogP contribution in [0.25, 0.3) is 0 Å². The van der Waals surface area contributed by atoms with Gasteiger partial charge in [0.25, 0.3) is 11.8 Å². The summed E-state index contributed by atoms with van der Waals surface area (Å²) in [6.07, 6.45) is 5.36. The number of imide groups is 1. The Morgan fingerprint density at radius 3 is 2.56 bits per heavy atom. The standard InChI is InChI=1S/C27H35N3O3S/c1-16(2)21-15-27(4)17(3)14-20(21)22-23(27)25(32)30(24(22)31)28-26-29(12-6-7-13-34-26)18-8-10-19(33-5)11-9-18/h8-11,14,16,20-23H,6-7,12-13,15H2,1-5H3/b28-26-/t20-,21-,22+,23-,27-/m1/s1. The van der Waals surface area contributed by atoms with Gasteiger partial charge in [0.15, 0.2) is 5.17 Å². The summed E-state index contributed by atoms with van der Waals surface area (Å²) in [5, 5.41) is 6.75. The number of thioether (sulfide) groups is 1. The lowest BCUT2D eigenvalue weighted by atomic mass is 9.48. The van der Waals surface area contributed by atoms with E-state index in [9.17, 15) is 9.59 Å². The number of amidine groups is 1. The molecule has 1 aromatic rings. The normalized spacial score (nSPS) is 34.5. The number of methoxy groups -OCH3 is 1. The third kappa shape index (κ3) is 3.58. The van der Waals surface area contributed by atoms with Crippen molar-refractivity contribution in [3.05, 3.63) is 35.9 Å². The Labute approximate surface area is 206 Å². The highest BCUT2D eigenvalue weighted by atomic mass is 32.2. The number of fused-ring (bicyclic) bond motifs is 1. The van der Waals surface area contributed by atoms with Crippen LogP contribution >= 0.6 is 11.8 Å². The molecule has 0 spiro atoms. The summed E-state index contributed by atoms with van der Waals surface area (Å²) in [4.78, 5) is 29.7. The topological polar surface area (TPSA) is 62.2 Å². The number of carbonyl (C=O) groups excluding carboxylic acids is 2. The zero-order valence-electron chi connectivity index (χ0n) is 20.8. The van der Waals surface area contributed by atoms with Gasteiger partial charge in [0.2, 0.25) is 0 Å². The van der Waals surface area contributed by atoms with Crippen LogP contribution in [0.5, 0.6) is 5.75 Å². The van der Waals surface area contributed by atoms with Crippen molar-refractivity contribution >= 4 is 34.4 Å². The van der Waals surface area contributed by atoms with Gasteiger partial charge in [-0.1, -0.05) is 44.2 Å². The van der Waals surface area contributed by atoms with E-state index in [2.05, 4.69) is 38.7 Å². The minimum atomic E-state index is -0.306. The fourth-order valence-electron chi connectivity index (χ4n) is 6.52. The van der Waals surface area contributed by atoms with Crippen LogP contribution in [0.1, 0.15) is 47.0 Å². The molecule has 6 rings (SSSR count). The molecule has 0 aromatic heterocycles. The summed E-state index contributed by atoms with van der Waals surface area (Å²) >= 11 is 1.63. The molecule has 182 valence electrons. The Morgan fingerprint density at radius 1 is 1.15 bits per heavy atom. The molecule has 3 aliphatic carbocycles. The molecule has 2 aliphatic heterocycles. The van der Waals surface area contributed by atoms with Crippen molar-refractivity contribution in [2.24, 2.45) is 40.1 Å². The van der Waals surface area contributed by atoms with Crippen molar-refractivity contribution in [3.63, 3.8) is 0 Å². The van der Waals surface area contributed by atoms with E-state index in [1.165, 1.54) is 10.6 Å². The fourth-order valence-corrected chi connectivity index (χ4v) is 7.55. The van der Waals surface area contributed by atoms with Crippen LogP contribution in [0, 0.1) is 35.0 Å². The molecular formula is C27H35N3O3S. The zero-order chi connectivity index (χ0) is 24.2. The van der Waals surface area contributed by atoms with Gasteiger partial charge in [-0.05, 0) is 68.2 Å². The van der Waals surface area contributed by atoms with Gasteiger partial charge in [-0.15, -0.1) is 5.10 Å². The number of ether oxygens (including phenoxy) is 1. The lowest BCUT2D eigenvalue weighted by molar-refractivity contribution is -0.140. The molecule has 2 bridgehead atoms. The second-order valence-corrected chi connectivity index (χ2v) is 11.8. The highest BCUT2D eigenvalue weighted by molar-refractivity contribution is 8.14. The number of hydrazone groups is 1. The van der Waals surface area contributed by atoms with Crippen LogP contribution in [0.3, 0.4) is 0 Å². The molecule has 6 nitrogen and oxygen atoms in total. The summed E-state index contributed by atoms with van der Waals surface area (Å²) < 4.78 is 5.31. The molecule has 34 heavy (non-hydrogen) atoms. The molecule has 1 aromatic carbocycles. The largest absolute Gasteiger partial charge is 0.497 e. The predicted molar refractivity (Wildman–Crippen MR) is 137 cm³/mol. The van der Waals surface area contributed by atoms with E-state index in [1.807, 2.05) is 24.3 Å². The lowest BCUT2D eigenvalue weighted by Gasteiger charge is -2.54. The van der Waals surface area contributed by atoms with Crippen molar-refractivity contribution in [2.45, 2.75) is 47.0 Å². The predicted octanol–water partition coefficient (Wildman–Crippen LogP) is 5.16. The van der Waals surface area contributed by atoms with E-state index in [4.69, 9.17) is 9.84 Å². The van der Waals surface area contributed by atoms with Gasteiger partial charge in [0.05, 0.1) is 18.9 Å².